The molecule has 1 aliphatic rings. The van der Waals surface area contributed by atoms with E-state index in [-0.39, 0.29) is 6.04 Å². The Morgan fingerprint density at radius 2 is 1.73 bits per heavy atom. The molecule has 0 aliphatic carbocycles. The van der Waals surface area contributed by atoms with E-state index in [0.717, 1.165) is 23.9 Å². The number of rotatable bonds is 1. The molecule has 0 fully saturated rings. The van der Waals surface area contributed by atoms with Crippen LogP contribution in [0.3, 0.4) is 0 Å². The third-order valence-corrected chi connectivity index (χ3v) is 4.75. The second-order valence-electron chi connectivity index (χ2n) is 6.05. The van der Waals surface area contributed by atoms with E-state index in [9.17, 15) is 5.11 Å². The van der Waals surface area contributed by atoms with Crippen LogP contribution in [0.5, 0.6) is 5.75 Å². The van der Waals surface area contributed by atoms with Gasteiger partial charge in [0.15, 0.2) is 0 Å². The minimum absolute atomic E-state index is 0.107. The van der Waals surface area contributed by atoms with E-state index < -0.39 is 0 Å². The summed E-state index contributed by atoms with van der Waals surface area (Å²) in [7, 11) is 2.14. The Bertz CT molecular complexity index is 840. The zero-order valence-corrected chi connectivity index (χ0v) is 12.7. The van der Waals surface area contributed by atoms with Crippen molar-refractivity contribution in [1.82, 2.24) is 4.90 Å². The van der Waals surface area contributed by atoms with Gasteiger partial charge >= 0.3 is 0 Å². The van der Waals surface area contributed by atoms with Crippen LogP contribution in [0.1, 0.15) is 22.7 Å². The van der Waals surface area contributed by atoms with Gasteiger partial charge in [-0.05, 0) is 41.4 Å². The van der Waals surface area contributed by atoms with Gasteiger partial charge in [-0.15, -0.1) is 0 Å². The topological polar surface area (TPSA) is 23.5 Å². The first-order valence-electron chi connectivity index (χ1n) is 7.74. The zero-order chi connectivity index (χ0) is 15.1. The number of phenols is 1. The first kappa shape index (κ1) is 13.4. The molecule has 0 saturated heterocycles. The molecule has 1 N–H and O–H groups in total. The second kappa shape index (κ2) is 5.15. The number of phenolic OH excluding ortho intramolecular Hbond substituents is 1. The molecule has 0 spiro atoms. The summed E-state index contributed by atoms with van der Waals surface area (Å²) in [5, 5.41) is 12.9. The first-order valence-corrected chi connectivity index (χ1v) is 7.74. The van der Waals surface area contributed by atoms with Crippen molar-refractivity contribution in [1.29, 1.82) is 0 Å². The lowest BCUT2D eigenvalue weighted by Gasteiger charge is -2.35. The van der Waals surface area contributed by atoms with E-state index in [1.165, 1.54) is 16.5 Å². The van der Waals surface area contributed by atoms with Gasteiger partial charge in [0.1, 0.15) is 5.75 Å². The van der Waals surface area contributed by atoms with Crippen LogP contribution in [-0.4, -0.2) is 23.6 Å². The van der Waals surface area contributed by atoms with Gasteiger partial charge in [0.2, 0.25) is 0 Å². The SMILES string of the molecule is CN1CCc2ccccc2[C@@H]1c1c(O)ccc2ccccc12. The fraction of sp³-hybridized carbons (Fsp3) is 0.200. The predicted molar refractivity (Wildman–Crippen MR) is 90.2 cm³/mol. The maximum absolute atomic E-state index is 10.6. The van der Waals surface area contributed by atoms with Crippen LogP contribution in [-0.2, 0) is 6.42 Å². The Labute approximate surface area is 130 Å². The van der Waals surface area contributed by atoms with Crippen LogP contribution >= 0.6 is 0 Å². The lowest BCUT2D eigenvalue weighted by atomic mass is 9.86. The van der Waals surface area contributed by atoms with Crippen molar-refractivity contribution in [3.8, 4) is 5.75 Å². The van der Waals surface area contributed by atoms with Gasteiger partial charge in [0.25, 0.3) is 0 Å². The number of nitrogens with zero attached hydrogens (tertiary/aromatic N) is 1. The molecule has 0 saturated carbocycles. The smallest absolute Gasteiger partial charge is 0.121 e. The lowest BCUT2D eigenvalue weighted by Crippen LogP contribution is -2.33. The number of fused-ring (bicyclic) bond motifs is 2. The number of benzene rings is 3. The molecule has 0 amide bonds. The summed E-state index contributed by atoms with van der Waals surface area (Å²) in [4.78, 5) is 2.34. The van der Waals surface area contributed by atoms with Crippen LogP contribution in [0.4, 0.5) is 0 Å². The number of hydrogen-bond donors (Lipinski definition) is 1. The van der Waals surface area contributed by atoms with Crippen molar-refractivity contribution in [3.63, 3.8) is 0 Å². The molecule has 1 heterocycles. The molecule has 4 rings (SSSR count). The van der Waals surface area contributed by atoms with Gasteiger partial charge in [-0.25, -0.2) is 0 Å². The van der Waals surface area contributed by atoms with Crippen molar-refractivity contribution in [2.45, 2.75) is 12.5 Å². The van der Waals surface area contributed by atoms with Crippen molar-refractivity contribution in [3.05, 3.63) is 77.4 Å². The minimum atomic E-state index is 0.107. The van der Waals surface area contributed by atoms with E-state index in [4.69, 9.17) is 0 Å². The number of hydrogen-bond acceptors (Lipinski definition) is 2. The molecule has 110 valence electrons. The fourth-order valence-electron chi connectivity index (χ4n) is 3.64. The number of likely N-dealkylation sites (N-methyl/N-ethyl adjacent to an activating group) is 1. The Hall–Kier alpha value is -2.32. The third kappa shape index (κ3) is 1.99. The Morgan fingerprint density at radius 1 is 0.955 bits per heavy atom. The van der Waals surface area contributed by atoms with Crippen LogP contribution in [0.15, 0.2) is 60.7 Å². The van der Waals surface area contributed by atoms with Crippen molar-refractivity contribution < 1.29 is 5.11 Å². The normalized spacial score (nSPS) is 18.3. The summed E-state index contributed by atoms with van der Waals surface area (Å²) in [6.45, 7) is 1.00. The minimum Gasteiger partial charge on any atom is -0.508 e. The molecule has 1 aliphatic heterocycles. The molecule has 1 atom stereocenters. The lowest BCUT2D eigenvalue weighted by molar-refractivity contribution is 0.261. The van der Waals surface area contributed by atoms with Gasteiger partial charge in [-0.3, -0.25) is 4.90 Å². The van der Waals surface area contributed by atoms with Gasteiger partial charge in [-0.1, -0.05) is 54.6 Å². The largest absolute Gasteiger partial charge is 0.508 e. The summed E-state index contributed by atoms with van der Waals surface area (Å²) < 4.78 is 0. The fourth-order valence-corrected chi connectivity index (χ4v) is 3.64. The molecule has 2 nitrogen and oxygen atoms in total. The van der Waals surface area contributed by atoms with Crippen molar-refractivity contribution in [2.75, 3.05) is 13.6 Å². The third-order valence-electron chi connectivity index (χ3n) is 4.75. The quantitative estimate of drug-likeness (QED) is 0.728. The molecule has 2 heteroatoms. The van der Waals surface area contributed by atoms with E-state index in [2.05, 4.69) is 48.3 Å². The first-order chi connectivity index (χ1) is 10.8. The second-order valence-corrected chi connectivity index (χ2v) is 6.05. The van der Waals surface area contributed by atoms with Crippen LogP contribution in [0.2, 0.25) is 0 Å². The summed E-state index contributed by atoms with van der Waals surface area (Å²) in [6.07, 6.45) is 1.06. The van der Waals surface area contributed by atoms with E-state index >= 15 is 0 Å². The maximum atomic E-state index is 10.6. The van der Waals surface area contributed by atoms with Gasteiger partial charge in [0, 0.05) is 12.1 Å². The van der Waals surface area contributed by atoms with E-state index in [0.29, 0.717) is 5.75 Å². The van der Waals surface area contributed by atoms with E-state index in [1.54, 1.807) is 0 Å². The van der Waals surface area contributed by atoms with Gasteiger partial charge in [-0.2, -0.15) is 0 Å². The molecule has 0 bridgehead atoms. The maximum Gasteiger partial charge on any atom is 0.121 e. The van der Waals surface area contributed by atoms with Gasteiger partial charge in [0.05, 0.1) is 6.04 Å². The van der Waals surface area contributed by atoms with Gasteiger partial charge < -0.3 is 5.11 Å². The molecular weight excluding hydrogens is 270 g/mol. The molecule has 3 aromatic rings. The standard InChI is InChI=1S/C20H19NO/c1-21-13-12-15-7-3-5-9-17(15)20(21)19-16-8-4-2-6-14(16)10-11-18(19)22/h2-11,20,22H,12-13H2,1H3/t20-/m1/s1. The molecule has 0 unspecified atom stereocenters. The molecule has 3 aromatic carbocycles. The Morgan fingerprint density at radius 3 is 2.64 bits per heavy atom. The molecule has 22 heavy (non-hydrogen) atoms. The monoisotopic (exact) mass is 289 g/mol. The highest BCUT2D eigenvalue weighted by molar-refractivity contribution is 5.88. The highest BCUT2D eigenvalue weighted by Gasteiger charge is 2.29. The summed E-state index contributed by atoms with van der Waals surface area (Å²) in [5.74, 6) is 0.382. The summed E-state index contributed by atoms with van der Waals surface area (Å²) >= 11 is 0. The Kier molecular flexibility index (Phi) is 3.12. The summed E-state index contributed by atoms with van der Waals surface area (Å²) in [6, 6.07) is 20.8. The highest BCUT2D eigenvalue weighted by atomic mass is 16.3. The highest BCUT2D eigenvalue weighted by Crippen LogP contribution is 2.41. The van der Waals surface area contributed by atoms with Crippen LogP contribution < -0.4 is 0 Å². The summed E-state index contributed by atoms with van der Waals surface area (Å²) in [5.41, 5.74) is 3.72. The molecule has 0 aromatic heterocycles. The molecular formula is C20H19NO. The van der Waals surface area contributed by atoms with Crippen molar-refractivity contribution >= 4 is 10.8 Å². The van der Waals surface area contributed by atoms with Crippen LogP contribution in [0.25, 0.3) is 10.8 Å². The predicted octanol–water partition coefficient (Wildman–Crippen LogP) is 4.12. The number of aromatic hydroxyl groups is 1. The van der Waals surface area contributed by atoms with E-state index in [1.807, 2.05) is 24.3 Å². The Balaban J connectivity index is 2.01. The molecule has 0 radical (unpaired) electrons. The zero-order valence-electron chi connectivity index (χ0n) is 12.7. The van der Waals surface area contributed by atoms with Crippen LogP contribution in [0, 0.1) is 0 Å². The average molecular weight is 289 g/mol. The van der Waals surface area contributed by atoms with Crippen molar-refractivity contribution in [2.24, 2.45) is 0 Å². The average Bonchev–Trinajstić information content (AvgIpc) is 2.56.